The highest BCUT2D eigenvalue weighted by atomic mass is 32.2. The zero-order chi connectivity index (χ0) is 20.2. The van der Waals surface area contributed by atoms with Gasteiger partial charge in [-0.15, -0.1) is 0 Å². The third kappa shape index (κ3) is 6.00. The van der Waals surface area contributed by atoms with Crippen LogP contribution in [0.15, 0.2) is 18.2 Å². The van der Waals surface area contributed by atoms with Gasteiger partial charge in [0.1, 0.15) is 5.75 Å². The van der Waals surface area contributed by atoms with Gasteiger partial charge in [0, 0.05) is 24.3 Å². The van der Waals surface area contributed by atoms with Gasteiger partial charge in [0.05, 0.1) is 17.9 Å². The van der Waals surface area contributed by atoms with E-state index in [0.717, 1.165) is 31.7 Å². The Balaban J connectivity index is 1.87. The highest BCUT2D eigenvalue weighted by molar-refractivity contribution is 7.90. The molecule has 0 aromatic heterocycles. The molecule has 154 valence electrons. The van der Waals surface area contributed by atoms with Crippen LogP contribution in [0.2, 0.25) is 0 Å². The van der Waals surface area contributed by atoms with E-state index in [1.165, 1.54) is 19.2 Å². The van der Waals surface area contributed by atoms with E-state index in [4.69, 9.17) is 4.74 Å². The van der Waals surface area contributed by atoms with Crippen molar-refractivity contribution in [2.24, 2.45) is 5.92 Å². The Morgan fingerprint density at radius 3 is 2.33 bits per heavy atom. The maximum atomic E-state index is 12.9. The Hall–Kier alpha value is -1.48. The molecular formula is C18H27F3N2O3S. The normalized spacial score (nSPS) is 21.3. The molecular weight excluding hydrogens is 381 g/mol. The van der Waals surface area contributed by atoms with Crippen molar-refractivity contribution in [2.75, 3.05) is 19.0 Å². The highest BCUT2D eigenvalue weighted by Gasteiger charge is 2.34. The largest absolute Gasteiger partial charge is 0.496 e. The molecule has 0 bridgehead atoms. The zero-order valence-corrected chi connectivity index (χ0v) is 16.6. The Bertz CT molecular complexity index is 728. The predicted molar refractivity (Wildman–Crippen MR) is 99.4 cm³/mol. The number of anilines is 1. The molecule has 0 unspecified atom stereocenters. The summed E-state index contributed by atoms with van der Waals surface area (Å²) in [6.45, 7) is 3.92. The van der Waals surface area contributed by atoms with E-state index in [1.54, 1.807) is 13.8 Å². The van der Waals surface area contributed by atoms with Crippen molar-refractivity contribution in [3.63, 3.8) is 0 Å². The summed E-state index contributed by atoms with van der Waals surface area (Å²) in [7, 11) is -2.05. The number of nitrogens with one attached hydrogen (secondary N) is 2. The highest BCUT2D eigenvalue weighted by Crippen LogP contribution is 2.37. The molecule has 1 aromatic rings. The second kappa shape index (κ2) is 8.68. The first-order valence-electron chi connectivity index (χ1n) is 9.03. The molecule has 1 fully saturated rings. The lowest BCUT2D eigenvalue weighted by atomic mass is 9.86. The first-order valence-corrected chi connectivity index (χ1v) is 10.6. The molecule has 5 nitrogen and oxygen atoms in total. The number of hydrogen-bond donors (Lipinski definition) is 2. The molecule has 0 atom stereocenters. The molecule has 1 aromatic carbocycles. The lowest BCUT2D eigenvalue weighted by Crippen LogP contribution is -2.41. The predicted octanol–water partition coefficient (Wildman–Crippen LogP) is 4.01. The Kier molecular flexibility index (Phi) is 7.02. The molecule has 0 aliphatic heterocycles. The summed E-state index contributed by atoms with van der Waals surface area (Å²) in [6.07, 6.45) is -1.22. The maximum Gasteiger partial charge on any atom is 0.419 e. The minimum Gasteiger partial charge on any atom is -0.496 e. The van der Waals surface area contributed by atoms with Gasteiger partial charge in [-0.3, -0.25) is 0 Å². The van der Waals surface area contributed by atoms with Crippen LogP contribution in [-0.2, 0) is 16.2 Å². The summed E-state index contributed by atoms with van der Waals surface area (Å²) in [5, 5.41) is 2.71. The molecule has 0 amide bonds. The lowest BCUT2D eigenvalue weighted by Gasteiger charge is -2.29. The van der Waals surface area contributed by atoms with Gasteiger partial charge in [-0.25, -0.2) is 13.1 Å². The molecule has 1 aliphatic carbocycles. The van der Waals surface area contributed by atoms with Crippen molar-refractivity contribution < 1.29 is 26.3 Å². The number of alkyl halides is 3. The average molecular weight is 408 g/mol. The molecule has 0 saturated heterocycles. The third-order valence-electron chi connectivity index (χ3n) is 4.90. The summed E-state index contributed by atoms with van der Waals surface area (Å²) in [5.74, 6) is 0.136. The first-order chi connectivity index (χ1) is 12.5. The van der Waals surface area contributed by atoms with E-state index in [0.29, 0.717) is 18.2 Å². The fourth-order valence-corrected chi connectivity index (χ4v) is 4.12. The minimum absolute atomic E-state index is 0.0418. The lowest BCUT2D eigenvalue weighted by molar-refractivity contribution is -0.138. The Labute approximate surface area is 158 Å². The molecule has 9 heteroatoms. The van der Waals surface area contributed by atoms with Crippen LogP contribution in [0.5, 0.6) is 5.75 Å². The van der Waals surface area contributed by atoms with Gasteiger partial charge in [-0.1, -0.05) is 0 Å². The van der Waals surface area contributed by atoms with Crippen LogP contribution in [-0.4, -0.2) is 33.4 Å². The van der Waals surface area contributed by atoms with E-state index < -0.39 is 27.0 Å². The molecule has 1 aliphatic rings. The monoisotopic (exact) mass is 408 g/mol. The molecule has 1 saturated carbocycles. The maximum absolute atomic E-state index is 12.9. The summed E-state index contributed by atoms with van der Waals surface area (Å²) in [5.41, 5.74) is -0.226. The van der Waals surface area contributed by atoms with Gasteiger partial charge in [0.2, 0.25) is 10.0 Å². The van der Waals surface area contributed by atoms with Crippen LogP contribution < -0.4 is 14.8 Å². The van der Waals surface area contributed by atoms with Crippen molar-refractivity contribution in [3.05, 3.63) is 23.8 Å². The number of benzene rings is 1. The smallest absolute Gasteiger partial charge is 0.419 e. The molecule has 0 heterocycles. The van der Waals surface area contributed by atoms with Gasteiger partial charge < -0.3 is 10.1 Å². The zero-order valence-electron chi connectivity index (χ0n) is 15.8. The van der Waals surface area contributed by atoms with Crippen LogP contribution in [0.25, 0.3) is 0 Å². The van der Waals surface area contributed by atoms with Crippen molar-refractivity contribution in [3.8, 4) is 5.75 Å². The fourth-order valence-electron chi connectivity index (χ4n) is 3.15. The van der Waals surface area contributed by atoms with Crippen molar-refractivity contribution in [1.29, 1.82) is 0 Å². The van der Waals surface area contributed by atoms with E-state index in [-0.39, 0.29) is 11.8 Å². The second-order valence-electron chi connectivity index (χ2n) is 7.22. The molecule has 2 rings (SSSR count). The number of hydrogen-bond acceptors (Lipinski definition) is 4. The van der Waals surface area contributed by atoms with Crippen LogP contribution in [0.4, 0.5) is 18.9 Å². The standard InChI is InChI=1S/C18H27F3N2O3S/c1-12(2)27(24,25)23-14-6-4-13(5-7-14)11-22-15-8-9-16(18(19,20)21)17(10-15)26-3/h8-10,12-14,22-23H,4-7,11H2,1-3H3. The number of sulfonamides is 1. The average Bonchev–Trinajstić information content (AvgIpc) is 2.59. The number of ether oxygens (including phenoxy) is 1. The van der Waals surface area contributed by atoms with Crippen LogP contribution in [0.1, 0.15) is 45.1 Å². The van der Waals surface area contributed by atoms with Gasteiger partial charge in [-0.2, -0.15) is 13.2 Å². The summed E-state index contributed by atoms with van der Waals surface area (Å²) in [4.78, 5) is 0. The second-order valence-corrected chi connectivity index (χ2v) is 9.49. The molecule has 27 heavy (non-hydrogen) atoms. The van der Waals surface area contributed by atoms with Crippen LogP contribution in [0.3, 0.4) is 0 Å². The van der Waals surface area contributed by atoms with E-state index in [9.17, 15) is 21.6 Å². The SMILES string of the molecule is COc1cc(NCC2CCC(NS(=O)(=O)C(C)C)CC2)ccc1C(F)(F)F. The van der Waals surface area contributed by atoms with Crippen LogP contribution in [0, 0.1) is 5.92 Å². The Morgan fingerprint density at radius 2 is 1.81 bits per heavy atom. The first kappa shape index (κ1) is 21.8. The van der Waals surface area contributed by atoms with E-state index >= 15 is 0 Å². The van der Waals surface area contributed by atoms with Gasteiger partial charge in [-0.05, 0) is 57.6 Å². The fraction of sp³-hybridized carbons (Fsp3) is 0.667. The van der Waals surface area contributed by atoms with Crippen molar-refractivity contribution in [1.82, 2.24) is 4.72 Å². The summed E-state index contributed by atoms with van der Waals surface area (Å²) in [6, 6.07) is 3.72. The minimum atomic E-state index is -4.45. The van der Waals surface area contributed by atoms with Gasteiger partial charge >= 0.3 is 6.18 Å². The van der Waals surface area contributed by atoms with E-state index in [2.05, 4.69) is 10.0 Å². The molecule has 0 spiro atoms. The molecule has 0 radical (unpaired) electrons. The van der Waals surface area contributed by atoms with Crippen LogP contribution >= 0.6 is 0 Å². The third-order valence-corrected chi connectivity index (χ3v) is 6.80. The quantitative estimate of drug-likeness (QED) is 0.715. The van der Waals surface area contributed by atoms with E-state index in [1.807, 2.05) is 0 Å². The Morgan fingerprint density at radius 1 is 1.19 bits per heavy atom. The van der Waals surface area contributed by atoms with Gasteiger partial charge in [0.25, 0.3) is 0 Å². The summed E-state index contributed by atoms with van der Waals surface area (Å²) < 4.78 is 70.2. The number of halogens is 3. The van der Waals surface area contributed by atoms with Gasteiger partial charge in [0.15, 0.2) is 0 Å². The van der Waals surface area contributed by atoms with Crippen molar-refractivity contribution >= 4 is 15.7 Å². The number of methoxy groups -OCH3 is 1. The van der Waals surface area contributed by atoms with Crippen molar-refractivity contribution in [2.45, 2.75) is 57.0 Å². The summed E-state index contributed by atoms with van der Waals surface area (Å²) >= 11 is 0. The topological polar surface area (TPSA) is 67.4 Å². The molecule has 2 N–H and O–H groups in total. The number of rotatable bonds is 7.